The topological polar surface area (TPSA) is 47.1 Å². The van der Waals surface area contributed by atoms with Crippen molar-refractivity contribution in [2.45, 2.75) is 12.6 Å². The number of halogens is 2. The van der Waals surface area contributed by atoms with Crippen molar-refractivity contribution in [2.24, 2.45) is 5.73 Å². The fraction of sp³-hybridized carbons (Fsp3) is 0.417. The van der Waals surface area contributed by atoms with E-state index in [1.165, 1.54) is 0 Å². The highest BCUT2D eigenvalue weighted by Crippen LogP contribution is 2.34. The molecule has 0 saturated heterocycles. The molecule has 0 spiro atoms. The van der Waals surface area contributed by atoms with E-state index in [0.717, 1.165) is 28.1 Å². The van der Waals surface area contributed by atoms with Crippen LogP contribution in [0, 0.1) is 0 Å². The quantitative estimate of drug-likeness (QED) is 0.888. The van der Waals surface area contributed by atoms with Crippen LogP contribution in [0.3, 0.4) is 0 Å². The summed E-state index contributed by atoms with van der Waals surface area (Å²) in [4.78, 5) is 3.17. The van der Waals surface area contributed by atoms with Crippen LogP contribution in [-0.2, 0) is 6.54 Å². The van der Waals surface area contributed by atoms with Crippen molar-refractivity contribution in [1.29, 1.82) is 0 Å². The normalized spacial score (nSPS) is 13.2. The zero-order valence-electron chi connectivity index (χ0n) is 10.8. The Labute approximate surface area is 130 Å². The summed E-state index contributed by atoms with van der Waals surface area (Å²) in [5.74, 6) is 0. The molecule has 104 valence electrons. The van der Waals surface area contributed by atoms with Gasteiger partial charge in [0.2, 0.25) is 0 Å². The monoisotopic (exact) mass is 362 g/mol. The summed E-state index contributed by atoms with van der Waals surface area (Å²) in [5.41, 5.74) is 7.20. The molecule has 2 rings (SSSR count). The van der Waals surface area contributed by atoms with Crippen LogP contribution >= 0.6 is 38.9 Å². The van der Waals surface area contributed by atoms with Gasteiger partial charge < -0.3 is 10.6 Å². The van der Waals surface area contributed by atoms with Crippen LogP contribution in [0.5, 0.6) is 0 Å². The van der Waals surface area contributed by atoms with E-state index in [4.69, 9.17) is 17.3 Å². The van der Waals surface area contributed by atoms with Gasteiger partial charge in [0.1, 0.15) is 0 Å². The highest BCUT2D eigenvalue weighted by Gasteiger charge is 2.21. The van der Waals surface area contributed by atoms with Crippen LogP contribution in [0.1, 0.15) is 16.6 Å². The van der Waals surface area contributed by atoms with Gasteiger partial charge in [-0.25, -0.2) is 0 Å². The molecule has 2 aromatic heterocycles. The van der Waals surface area contributed by atoms with E-state index in [2.05, 4.69) is 25.9 Å². The van der Waals surface area contributed by atoms with Gasteiger partial charge in [-0.2, -0.15) is 5.10 Å². The minimum atomic E-state index is -0.258. The first-order valence-electron chi connectivity index (χ1n) is 5.85. The van der Waals surface area contributed by atoms with E-state index in [-0.39, 0.29) is 6.04 Å². The van der Waals surface area contributed by atoms with Crippen molar-refractivity contribution in [3.8, 4) is 0 Å². The molecule has 2 heterocycles. The van der Waals surface area contributed by atoms with Crippen LogP contribution in [0.25, 0.3) is 0 Å². The zero-order valence-corrected chi connectivity index (χ0v) is 14.0. The van der Waals surface area contributed by atoms with Gasteiger partial charge in [-0.15, -0.1) is 11.3 Å². The van der Waals surface area contributed by atoms with Gasteiger partial charge in [-0.3, -0.25) is 4.68 Å². The van der Waals surface area contributed by atoms with Crippen LogP contribution in [0.2, 0.25) is 5.02 Å². The first-order chi connectivity index (χ1) is 9.00. The molecule has 1 unspecified atom stereocenters. The molecule has 0 aromatic carbocycles. The highest BCUT2D eigenvalue weighted by atomic mass is 79.9. The molecule has 2 N–H and O–H groups in total. The molecule has 0 fully saturated rings. The summed E-state index contributed by atoms with van der Waals surface area (Å²) in [6, 6.07) is 1.74. The molecule has 4 nitrogen and oxygen atoms in total. The van der Waals surface area contributed by atoms with E-state index < -0.39 is 0 Å². The summed E-state index contributed by atoms with van der Waals surface area (Å²) in [5, 5.41) is 6.94. The molecule has 0 saturated carbocycles. The number of nitrogens with two attached hydrogens (primary N) is 1. The smallest absolute Gasteiger partial charge is 0.0843 e. The Bertz CT molecular complexity index is 552. The van der Waals surface area contributed by atoms with Gasteiger partial charge in [0, 0.05) is 15.9 Å². The number of likely N-dealkylation sites (N-methyl/N-ethyl adjacent to an activating group) is 1. The van der Waals surface area contributed by atoms with E-state index in [9.17, 15) is 0 Å². The second kappa shape index (κ2) is 6.37. The number of rotatable bonds is 5. The Morgan fingerprint density at radius 2 is 2.32 bits per heavy atom. The molecule has 19 heavy (non-hydrogen) atoms. The maximum atomic E-state index is 6.34. The summed E-state index contributed by atoms with van der Waals surface area (Å²) in [7, 11) is 4.06. The molecule has 0 aliphatic rings. The third-order valence-electron chi connectivity index (χ3n) is 2.81. The van der Waals surface area contributed by atoms with Crippen LogP contribution in [0.15, 0.2) is 22.1 Å². The summed E-state index contributed by atoms with van der Waals surface area (Å²) in [6.07, 6.45) is 1.66. The van der Waals surface area contributed by atoms with Crippen molar-refractivity contribution >= 4 is 38.9 Å². The molecule has 0 aliphatic carbocycles. The summed E-state index contributed by atoms with van der Waals surface area (Å²) < 4.78 is 2.90. The molecule has 1 atom stereocenters. The minimum absolute atomic E-state index is 0.258. The third kappa shape index (κ3) is 3.38. The Balaban J connectivity index is 2.28. The van der Waals surface area contributed by atoms with Gasteiger partial charge in [-0.05, 0) is 41.5 Å². The lowest BCUT2D eigenvalue weighted by atomic mass is 10.2. The van der Waals surface area contributed by atoms with E-state index >= 15 is 0 Å². The Morgan fingerprint density at radius 1 is 1.58 bits per heavy atom. The van der Waals surface area contributed by atoms with Crippen LogP contribution < -0.4 is 5.73 Å². The third-order valence-corrected chi connectivity index (χ3v) is 5.06. The lowest BCUT2D eigenvalue weighted by molar-refractivity contribution is 0.368. The summed E-state index contributed by atoms with van der Waals surface area (Å²) in [6.45, 7) is 1.66. The van der Waals surface area contributed by atoms with Crippen molar-refractivity contribution in [3.63, 3.8) is 0 Å². The predicted molar refractivity (Wildman–Crippen MR) is 83.8 cm³/mol. The number of nitrogens with zero attached hydrogens (tertiary/aromatic N) is 3. The van der Waals surface area contributed by atoms with Crippen LogP contribution in [0.4, 0.5) is 0 Å². The Kier molecular flexibility index (Phi) is 5.03. The molecule has 0 aliphatic heterocycles. The Hall–Kier alpha value is -0.400. The SMILES string of the molecule is CN(C)CCn1ncc(Cl)c1C(N)c1sccc1Br. The highest BCUT2D eigenvalue weighted by molar-refractivity contribution is 9.10. The second-order valence-corrected chi connectivity index (χ2v) is 6.72. The maximum absolute atomic E-state index is 6.34. The van der Waals surface area contributed by atoms with E-state index in [0.29, 0.717) is 5.02 Å². The van der Waals surface area contributed by atoms with Gasteiger partial charge in [0.25, 0.3) is 0 Å². The van der Waals surface area contributed by atoms with E-state index in [1.54, 1.807) is 17.5 Å². The summed E-state index contributed by atoms with van der Waals surface area (Å²) >= 11 is 11.4. The second-order valence-electron chi connectivity index (χ2n) is 4.51. The predicted octanol–water partition coefficient (Wildman–Crippen LogP) is 2.97. The minimum Gasteiger partial charge on any atom is -0.318 e. The van der Waals surface area contributed by atoms with Crippen LogP contribution in [-0.4, -0.2) is 35.3 Å². The van der Waals surface area contributed by atoms with Gasteiger partial charge >= 0.3 is 0 Å². The molecule has 0 radical (unpaired) electrons. The molecule has 0 amide bonds. The fourth-order valence-corrected chi connectivity index (χ4v) is 3.69. The largest absolute Gasteiger partial charge is 0.318 e. The van der Waals surface area contributed by atoms with Crippen molar-refractivity contribution < 1.29 is 0 Å². The van der Waals surface area contributed by atoms with Gasteiger partial charge in [0.05, 0.1) is 29.5 Å². The molecule has 0 bridgehead atoms. The number of hydrogen-bond acceptors (Lipinski definition) is 4. The van der Waals surface area contributed by atoms with Crippen molar-refractivity contribution in [1.82, 2.24) is 14.7 Å². The lowest BCUT2D eigenvalue weighted by Gasteiger charge is -2.16. The molecular weight excluding hydrogens is 348 g/mol. The first kappa shape index (κ1) is 15.0. The average molecular weight is 364 g/mol. The maximum Gasteiger partial charge on any atom is 0.0843 e. The first-order valence-corrected chi connectivity index (χ1v) is 7.90. The molecule has 2 aromatic rings. The standard InChI is InChI=1S/C12H16BrClN4S/c1-17(2)4-5-18-11(9(14)7-16-18)10(15)12-8(13)3-6-19-12/h3,6-7,10H,4-5,15H2,1-2H3. The zero-order chi connectivity index (χ0) is 14.0. The van der Waals surface area contributed by atoms with E-state index in [1.807, 2.05) is 30.2 Å². The molecular formula is C12H16BrClN4S. The number of aromatic nitrogens is 2. The number of hydrogen-bond donors (Lipinski definition) is 1. The van der Waals surface area contributed by atoms with Gasteiger partial charge in [-0.1, -0.05) is 11.6 Å². The molecule has 7 heteroatoms. The fourth-order valence-electron chi connectivity index (χ4n) is 1.81. The van der Waals surface area contributed by atoms with Crippen molar-refractivity contribution in [3.05, 3.63) is 37.7 Å². The lowest BCUT2D eigenvalue weighted by Crippen LogP contribution is -2.23. The number of thiophene rings is 1. The Morgan fingerprint density at radius 3 is 2.89 bits per heavy atom. The average Bonchev–Trinajstić information content (AvgIpc) is 2.92. The van der Waals surface area contributed by atoms with Gasteiger partial charge in [0.15, 0.2) is 0 Å². The van der Waals surface area contributed by atoms with Crippen molar-refractivity contribution in [2.75, 3.05) is 20.6 Å².